The third-order valence-electron chi connectivity index (χ3n) is 3.33. The van der Waals surface area contributed by atoms with Crippen molar-refractivity contribution in [1.82, 2.24) is 10.2 Å². The summed E-state index contributed by atoms with van der Waals surface area (Å²) in [5, 5.41) is 5.28. The summed E-state index contributed by atoms with van der Waals surface area (Å²) in [6.45, 7) is 2.26. The second kappa shape index (κ2) is 6.07. The van der Waals surface area contributed by atoms with Crippen LogP contribution in [0.3, 0.4) is 0 Å². The van der Waals surface area contributed by atoms with E-state index in [1.165, 1.54) is 0 Å². The van der Waals surface area contributed by atoms with Crippen molar-refractivity contribution in [2.75, 3.05) is 26.0 Å². The molecule has 21 heavy (non-hydrogen) atoms. The maximum atomic E-state index is 13.1. The van der Waals surface area contributed by atoms with Gasteiger partial charge in [-0.1, -0.05) is 6.07 Å². The molecule has 116 valence electrons. The highest BCUT2D eigenvalue weighted by Gasteiger charge is 2.42. The number of rotatable bonds is 4. The van der Waals surface area contributed by atoms with Crippen molar-refractivity contribution >= 4 is 11.6 Å². The minimum atomic E-state index is -2.80. The molecular formula is C15H21F2N3O. The van der Waals surface area contributed by atoms with Gasteiger partial charge in [0.25, 0.3) is 5.92 Å². The molecule has 1 unspecified atom stereocenters. The number of alkyl halides is 2. The third kappa shape index (κ3) is 4.47. The zero-order chi connectivity index (χ0) is 15.6. The van der Waals surface area contributed by atoms with Gasteiger partial charge in [-0.2, -0.15) is 0 Å². The molecule has 2 rings (SSSR count). The minimum absolute atomic E-state index is 0.409. The Hall–Kier alpha value is -1.53. The molecule has 0 saturated carbocycles. The van der Waals surface area contributed by atoms with Gasteiger partial charge in [0.2, 0.25) is 5.91 Å². The van der Waals surface area contributed by atoms with Crippen LogP contribution >= 0.6 is 0 Å². The van der Waals surface area contributed by atoms with E-state index in [9.17, 15) is 13.6 Å². The van der Waals surface area contributed by atoms with Crippen LogP contribution in [-0.4, -0.2) is 43.4 Å². The van der Waals surface area contributed by atoms with Gasteiger partial charge in [0.1, 0.15) is 0 Å². The maximum Gasteiger partial charge on any atom is 0.262 e. The van der Waals surface area contributed by atoms with Crippen LogP contribution in [0.1, 0.15) is 17.5 Å². The number of hydrogen-bond acceptors (Lipinski definition) is 3. The quantitative estimate of drug-likeness (QED) is 0.893. The summed E-state index contributed by atoms with van der Waals surface area (Å²) in [5.74, 6) is -3.21. The van der Waals surface area contributed by atoms with Crippen LogP contribution in [0.2, 0.25) is 0 Å². The predicted octanol–water partition coefficient (Wildman–Crippen LogP) is 1.99. The van der Waals surface area contributed by atoms with E-state index in [1.807, 2.05) is 44.1 Å². The molecule has 1 aromatic carbocycles. The standard InChI is InChI=1S/C15H21F2N3O/c1-10-4-11(8-20(2)3)6-12(5-10)19-14(21)13-7-15(16,17)9-18-13/h4-6,13,18H,7-9H2,1-3H3,(H,19,21). The van der Waals surface area contributed by atoms with Gasteiger partial charge in [-0.3, -0.25) is 10.1 Å². The Morgan fingerprint density at radius 1 is 1.43 bits per heavy atom. The van der Waals surface area contributed by atoms with Crippen LogP contribution < -0.4 is 10.6 Å². The van der Waals surface area contributed by atoms with Crippen LogP contribution in [0.4, 0.5) is 14.5 Å². The fourth-order valence-electron chi connectivity index (χ4n) is 2.52. The van der Waals surface area contributed by atoms with Gasteiger partial charge in [0.05, 0.1) is 12.6 Å². The lowest BCUT2D eigenvalue weighted by atomic mass is 10.1. The lowest BCUT2D eigenvalue weighted by Gasteiger charge is -2.15. The molecule has 6 heteroatoms. The molecule has 0 bridgehead atoms. The summed E-state index contributed by atoms with van der Waals surface area (Å²) in [5.41, 5.74) is 2.74. The number of aryl methyl sites for hydroxylation is 1. The molecule has 0 radical (unpaired) electrons. The first kappa shape index (κ1) is 15.9. The first-order valence-corrected chi connectivity index (χ1v) is 6.92. The van der Waals surface area contributed by atoms with E-state index in [4.69, 9.17) is 0 Å². The molecule has 1 aliphatic rings. The Labute approximate surface area is 123 Å². The molecule has 0 spiro atoms. The Bertz CT molecular complexity index is 532. The van der Waals surface area contributed by atoms with Crippen molar-refractivity contribution in [3.63, 3.8) is 0 Å². The number of nitrogens with zero attached hydrogens (tertiary/aromatic N) is 1. The van der Waals surface area contributed by atoms with Crippen LogP contribution in [0.5, 0.6) is 0 Å². The molecule has 1 aromatic rings. The molecule has 0 aliphatic carbocycles. The van der Waals surface area contributed by atoms with Gasteiger partial charge in [-0.05, 0) is 44.3 Å². The Morgan fingerprint density at radius 3 is 2.71 bits per heavy atom. The molecule has 1 heterocycles. The topological polar surface area (TPSA) is 44.4 Å². The lowest BCUT2D eigenvalue weighted by Crippen LogP contribution is -2.35. The lowest BCUT2D eigenvalue weighted by molar-refractivity contribution is -0.118. The van der Waals surface area contributed by atoms with Crippen LogP contribution in [0.15, 0.2) is 18.2 Å². The van der Waals surface area contributed by atoms with E-state index in [-0.39, 0.29) is 0 Å². The zero-order valence-corrected chi connectivity index (χ0v) is 12.5. The normalized spacial score (nSPS) is 20.8. The SMILES string of the molecule is Cc1cc(CN(C)C)cc(NC(=O)C2CC(F)(F)CN2)c1. The van der Waals surface area contributed by atoms with Gasteiger partial charge in [0, 0.05) is 18.7 Å². The van der Waals surface area contributed by atoms with E-state index in [2.05, 4.69) is 10.6 Å². The summed E-state index contributed by atoms with van der Waals surface area (Å²) in [6.07, 6.45) is -0.449. The maximum absolute atomic E-state index is 13.1. The van der Waals surface area contributed by atoms with Crippen LogP contribution in [0, 0.1) is 6.92 Å². The first-order valence-electron chi connectivity index (χ1n) is 6.92. The van der Waals surface area contributed by atoms with Gasteiger partial charge in [-0.15, -0.1) is 0 Å². The number of hydrogen-bond donors (Lipinski definition) is 2. The Morgan fingerprint density at radius 2 is 2.14 bits per heavy atom. The van der Waals surface area contributed by atoms with E-state index >= 15 is 0 Å². The second-order valence-electron chi connectivity index (χ2n) is 5.93. The fraction of sp³-hybridized carbons (Fsp3) is 0.533. The van der Waals surface area contributed by atoms with E-state index in [0.29, 0.717) is 5.69 Å². The second-order valence-corrected chi connectivity index (χ2v) is 5.93. The third-order valence-corrected chi connectivity index (χ3v) is 3.33. The van der Waals surface area contributed by atoms with Gasteiger partial charge in [-0.25, -0.2) is 8.78 Å². The Balaban J connectivity index is 2.05. The number of anilines is 1. The monoisotopic (exact) mass is 297 g/mol. The van der Waals surface area contributed by atoms with E-state index < -0.39 is 30.8 Å². The number of halogens is 2. The smallest absolute Gasteiger partial charge is 0.262 e. The summed E-state index contributed by atoms with van der Waals surface area (Å²) in [7, 11) is 3.93. The summed E-state index contributed by atoms with van der Waals surface area (Å²) in [6, 6.07) is 4.91. The van der Waals surface area contributed by atoms with Crippen molar-refractivity contribution in [1.29, 1.82) is 0 Å². The van der Waals surface area contributed by atoms with Crippen molar-refractivity contribution in [2.45, 2.75) is 31.9 Å². The number of carbonyl (C=O) groups excluding carboxylic acids is 1. The number of nitrogens with one attached hydrogen (secondary N) is 2. The van der Waals surface area contributed by atoms with Crippen molar-refractivity contribution in [2.24, 2.45) is 0 Å². The van der Waals surface area contributed by atoms with E-state index in [0.717, 1.165) is 17.7 Å². The summed E-state index contributed by atoms with van der Waals surface area (Å²) >= 11 is 0. The van der Waals surface area contributed by atoms with Crippen molar-refractivity contribution in [3.8, 4) is 0 Å². The molecule has 4 nitrogen and oxygen atoms in total. The summed E-state index contributed by atoms with van der Waals surface area (Å²) in [4.78, 5) is 14.1. The van der Waals surface area contributed by atoms with Crippen molar-refractivity contribution in [3.05, 3.63) is 29.3 Å². The average Bonchev–Trinajstić information content (AvgIpc) is 2.68. The fourth-order valence-corrected chi connectivity index (χ4v) is 2.52. The molecule has 1 fully saturated rings. The van der Waals surface area contributed by atoms with Crippen molar-refractivity contribution < 1.29 is 13.6 Å². The molecule has 2 N–H and O–H groups in total. The predicted molar refractivity (Wildman–Crippen MR) is 78.6 cm³/mol. The molecule has 1 saturated heterocycles. The average molecular weight is 297 g/mol. The van der Waals surface area contributed by atoms with Gasteiger partial charge in [0.15, 0.2) is 0 Å². The zero-order valence-electron chi connectivity index (χ0n) is 12.5. The number of amides is 1. The van der Waals surface area contributed by atoms with Crippen LogP contribution in [-0.2, 0) is 11.3 Å². The first-order chi connectivity index (χ1) is 9.75. The van der Waals surface area contributed by atoms with Gasteiger partial charge >= 0.3 is 0 Å². The highest BCUT2D eigenvalue weighted by Crippen LogP contribution is 2.26. The number of benzene rings is 1. The molecule has 0 aromatic heterocycles. The van der Waals surface area contributed by atoms with Crippen LogP contribution in [0.25, 0.3) is 0 Å². The highest BCUT2D eigenvalue weighted by molar-refractivity contribution is 5.95. The molecule has 1 amide bonds. The minimum Gasteiger partial charge on any atom is -0.325 e. The molecule has 1 atom stereocenters. The number of carbonyl (C=O) groups is 1. The van der Waals surface area contributed by atoms with E-state index in [1.54, 1.807) is 0 Å². The molecule has 1 aliphatic heterocycles. The largest absolute Gasteiger partial charge is 0.325 e. The Kier molecular flexibility index (Phi) is 4.58. The van der Waals surface area contributed by atoms with Gasteiger partial charge < -0.3 is 10.2 Å². The molecular weight excluding hydrogens is 276 g/mol. The highest BCUT2D eigenvalue weighted by atomic mass is 19.3. The summed E-state index contributed by atoms with van der Waals surface area (Å²) < 4.78 is 26.2.